The Hall–Kier alpha value is -4.56. The quantitative estimate of drug-likeness (QED) is 0.213. The lowest BCUT2D eigenvalue weighted by molar-refractivity contribution is -0.121. The average Bonchev–Trinajstić information content (AvgIpc) is 2.91. The number of amides is 1. The number of hydrazone groups is 1. The van der Waals surface area contributed by atoms with Crippen LogP contribution in [0, 0.1) is 0 Å². The van der Waals surface area contributed by atoms with Gasteiger partial charge in [-0.3, -0.25) is 9.59 Å². The van der Waals surface area contributed by atoms with Crippen LogP contribution >= 0.6 is 11.6 Å². The number of nitrogens with zero attached hydrogens (tertiary/aromatic N) is 4. The number of rotatable bonds is 6. The van der Waals surface area contributed by atoms with E-state index < -0.39 is 5.91 Å². The van der Waals surface area contributed by atoms with Crippen LogP contribution < -0.4 is 15.7 Å². The molecule has 178 valence electrons. The van der Waals surface area contributed by atoms with Crippen molar-refractivity contribution in [3.8, 4) is 17.0 Å². The van der Waals surface area contributed by atoms with Gasteiger partial charge in [-0.2, -0.15) is 10.2 Å². The molecule has 3 aromatic carbocycles. The van der Waals surface area contributed by atoms with Gasteiger partial charge in [-0.15, -0.1) is 0 Å². The minimum absolute atomic E-state index is 0.241. The number of nitrogens with one attached hydrogen (secondary N) is 1. The Bertz CT molecular complexity index is 1680. The maximum atomic E-state index is 13.0. The summed E-state index contributed by atoms with van der Waals surface area (Å²) in [7, 11) is 1.58. The molecule has 1 amide bonds. The monoisotopic (exact) mass is 497 g/mol. The first-order valence-corrected chi connectivity index (χ1v) is 11.4. The number of aromatic nitrogens is 3. The summed E-state index contributed by atoms with van der Waals surface area (Å²) in [5.41, 5.74) is 4.76. The van der Waals surface area contributed by atoms with E-state index in [0.717, 1.165) is 21.0 Å². The molecular formula is C27H20ClN5O3. The second-order valence-corrected chi connectivity index (χ2v) is 8.30. The van der Waals surface area contributed by atoms with Crippen LogP contribution in [0.15, 0.2) is 88.8 Å². The summed E-state index contributed by atoms with van der Waals surface area (Å²) in [4.78, 5) is 30.0. The van der Waals surface area contributed by atoms with Crippen LogP contribution in [0.3, 0.4) is 0 Å². The summed E-state index contributed by atoms with van der Waals surface area (Å²) in [5.74, 6) is 0.174. The van der Waals surface area contributed by atoms with E-state index in [-0.39, 0.29) is 17.3 Å². The molecular weight excluding hydrogens is 478 g/mol. The summed E-state index contributed by atoms with van der Waals surface area (Å²) in [6.07, 6.45) is 1.40. The van der Waals surface area contributed by atoms with Crippen LogP contribution in [-0.4, -0.2) is 34.0 Å². The van der Waals surface area contributed by atoms with Crippen molar-refractivity contribution in [2.24, 2.45) is 5.10 Å². The molecule has 2 aromatic heterocycles. The second kappa shape index (κ2) is 9.97. The molecule has 36 heavy (non-hydrogen) atoms. The Morgan fingerprint density at radius 2 is 1.81 bits per heavy atom. The third-order valence-corrected chi connectivity index (χ3v) is 5.91. The molecule has 5 aromatic rings. The van der Waals surface area contributed by atoms with Crippen molar-refractivity contribution < 1.29 is 9.53 Å². The van der Waals surface area contributed by atoms with Gasteiger partial charge in [0.25, 0.3) is 11.5 Å². The van der Waals surface area contributed by atoms with E-state index in [0.29, 0.717) is 27.9 Å². The van der Waals surface area contributed by atoms with E-state index in [4.69, 9.17) is 16.3 Å². The first kappa shape index (κ1) is 23.2. The summed E-state index contributed by atoms with van der Waals surface area (Å²) in [6, 6.07) is 23.9. The first-order chi connectivity index (χ1) is 17.5. The SMILES string of the molecule is COc1ccc2nc(Cl)c(/C=N/NC(=O)Cn3nc(-c4ccccc4)c4ccccc4c3=O)cc2c1. The van der Waals surface area contributed by atoms with Crippen LogP contribution in [0.4, 0.5) is 0 Å². The third kappa shape index (κ3) is 4.67. The maximum absolute atomic E-state index is 13.0. The predicted molar refractivity (Wildman–Crippen MR) is 140 cm³/mol. The molecule has 5 rings (SSSR count). The van der Waals surface area contributed by atoms with Crippen LogP contribution in [0.1, 0.15) is 5.56 Å². The molecule has 9 heteroatoms. The summed E-state index contributed by atoms with van der Waals surface area (Å²) >= 11 is 6.27. The standard InChI is InChI=1S/C27H20ClN5O3/c1-36-20-11-12-23-18(14-20)13-19(26(28)30-23)15-29-31-24(34)16-33-27(35)22-10-6-5-9-21(22)25(32-33)17-7-3-2-4-8-17/h2-15H,16H2,1H3,(H,31,34)/b29-15+. The molecule has 8 nitrogen and oxygen atoms in total. The molecule has 0 radical (unpaired) electrons. The zero-order valence-corrected chi connectivity index (χ0v) is 19.9. The number of carbonyl (C=O) groups excluding carboxylic acids is 1. The normalized spacial score (nSPS) is 11.3. The summed E-state index contributed by atoms with van der Waals surface area (Å²) in [6.45, 7) is -0.304. The molecule has 1 N–H and O–H groups in total. The zero-order valence-electron chi connectivity index (χ0n) is 19.2. The van der Waals surface area contributed by atoms with Gasteiger partial charge in [-0.05, 0) is 30.3 Å². The van der Waals surface area contributed by atoms with Crippen molar-refractivity contribution >= 4 is 45.4 Å². The third-order valence-electron chi connectivity index (χ3n) is 5.60. The number of fused-ring (bicyclic) bond motifs is 2. The van der Waals surface area contributed by atoms with Crippen molar-refractivity contribution in [1.29, 1.82) is 0 Å². The Morgan fingerprint density at radius 1 is 1.06 bits per heavy atom. The fraction of sp³-hybridized carbons (Fsp3) is 0.0741. The minimum Gasteiger partial charge on any atom is -0.497 e. The molecule has 0 aliphatic rings. The Kier molecular flexibility index (Phi) is 6.42. The zero-order chi connectivity index (χ0) is 25.1. The van der Waals surface area contributed by atoms with Crippen molar-refractivity contribution in [2.45, 2.75) is 6.54 Å². The number of benzene rings is 3. The number of ether oxygens (including phenoxy) is 1. The Labute approximate surface area is 210 Å². The molecule has 0 fully saturated rings. The number of methoxy groups -OCH3 is 1. The Morgan fingerprint density at radius 3 is 2.58 bits per heavy atom. The van der Waals surface area contributed by atoms with Crippen molar-refractivity contribution in [3.05, 3.63) is 99.9 Å². The van der Waals surface area contributed by atoms with Crippen LogP contribution in [0.25, 0.3) is 32.9 Å². The number of halogens is 1. The largest absolute Gasteiger partial charge is 0.497 e. The van der Waals surface area contributed by atoms with Gasteiger partial charge in [0.1, 0.15) is 17.4 Å². The molecule has 0 aliphatic carbocycles. The van der Waals surface area contributed by atoms with Gasteiger partial charge in [-0.25, -0.2) is 15.1 Å². The second-order valence-electron chi connectivity index (χ2n) is 7.94. The number of pyridine rings is 1. The van der Waals surface area contributed by atoms with E-state index in [1.165, 1.54) is 6.21 Å². The highest BCUT2D eigenvalue weighted by Crippen LogP contribution is 2.25. The summed E-state index contributed by atoms with van der Waals surface area (Å²) in [5, 5.41) is 10.7. The highest BCUT2D eigenvalue weighted by molar-refractivity contribution is 6.32. The molecule has 0 aliphatic heterocycles. The van der Waals surface area contributed by atoms with Gasteiger partial charge in [-0.1, -0.05) is 60.1 Å². The van der Waals surface area contributed by atoms with Gasteiger partial charge < -0.3 is 4.74 Å². The number of carbonyl (C=O) groups is 1. The number of hydrogen-bond donors (Lipinski definition) is 1. The van der Waals surface area contributed by atoms with Crippen molar-refractivity contribution in [1.82, 2.24) is 20.2 Å². The van der Waals surface area contributed by atoms with Crippen LogP contribution in [-0.2, 0) is 11.3 Å². The fourth-order valence-corrected chi connectivity index (χ4v) is 4.06. The minimum atomic E-state index is -0.512. The van der Waals surface area contributed by atoms with E-state index >= 15 is 0 Å². The van der Waals surface area contributed by atoms with Crippen molar-refractivity contribution in [3.63, 3.8) is 0 Å². The highest BCUT2D eigenvalue weighted by atomic mass is 35.5. The lowest BCUT2D eigenvalue weighted by atomic mass is 10.1. The molecule has 0 saturated heterocycles. The van der Waals surface area contributed by atoms with Crippen LogP contribution in [0.5, 0.6) is 5.75 Å². The Balaban J connectivity index is 1.39. The first-order valence-electron chi connectivity index (χ1n) is 11.0. The topological polar surface area (TPSA) is 98.5 Å². The fourth-order valence-electron chi connectivity index (χ4n) is 3.86. The van der Waals surface area contributed by atoms with Gasteiger partial charge in [0.05, 0.1) is 29.9 Å². The highest BCUT2D eigenvalue weighted by Gasteiger charge is 2.14. The van der Waals surface area contributed by atoms with Crippen LogP contribution in [0.2, 0.25) is 5.15 Å². The van der Waals surface area contributed by atoms with Crippen molar-refractivity contribution in [2.75, 3.05) is 7.11 Å². The van der Waals surface area contributed by atoms with Gasteiger partial charge in [0, 0.05) is 21.9 Å². The molecule has 0 atom stereocenters. The molecule has 0 bridgehead atoms. The van der Waals surface area contributed by atoms with E-state index in [2.05, 4.69) is 20.6 Å². The van der Waals surface area contributed by atoms with E-state index in [9.17, 15) is 9.59 Å². The van der Waals surface area contributed by atoms with E-state index in [1.807, 2.05) is 48.5 Å². The lowest BCUT2D eigenvalue weighted by Crippen LogP contribution is -2.32. The van der Waals surface area contributed by atoms with E-state index in [1.54, 1.807) is 37.4 Å². The predicted octanol–water partition coefficient (Wildman–Crippen LogP) is 4.42. The molecule has 0 saturated carbocycles. The lowest BCUT2D eigenvalue weighted by Gasteiger charge is -2.10. The molecule has 0 unspecified atom stereocenters. The van der Waals surface area contributed by atoms with Gasteiger partial charge in [0.15, 0.2) is 0 Å². The molecule has 0 spiro atoms. The summed E-state index contributed by atoms with van der Waals surface area (Å²) < 4.78 is 6.39. The number of hydrogen-bond acceptors (Lipinski definition) is 6. The van der Waals surface area contributed by atoms with Gasteiger partial charge in [0.2, 0.25) is 0 Å². The average molecular weight is 498 g/mol. The smallest absolute Gasteiger partial charge is 0.275 e. The maximum Gasteiger partial charge on any atom is 0.275 e. The molecule has 2 heterocycles. The van der Waals surface area contributed by atoms with Gasteiger partial charge >= 0.3 is 0 Å².